The Bertz CT molecular complexity index is 265. The summed E-state index contributed by atoms with van der Waals surface area (Å²) in [5.74, 6) is -1.29. The zero-order valence-electron chi connectivity index (χ0n) is 11.1. The van der Waals surface area contributed by atoms with Crippen molar-refractivity contribution >= 4 is 11.9 Å². The predicted octanol–water partition coefficient (Wildman–Crippen LogP) is 1.56. The van der Waals surface area contributed by atoms with Crippen LogP contribution in [0.15, 0.2) is 0 Å². The number of carboxylic acids is 1. The van der Waals surface area contributed by atoms with Gasteiger partial charge in [0, 0.05) is 6.42 Å². The third-order valence-electron chi connectivity index (χ3n) is 2.42. The molecular weight excluding hydrogens is 222 g/mol. The van der Waals surface area contributed by atoms with E-state index in [2.05, 4.69) is 5.32 Å². The van der Waals surface area contributed by atoms with Gasteiger partial charge >= 0.3 is 5.97 Å². The highest BCUT2D eigenvalue weighted by Gasteiger charge is 2.33. The molecule has 0 rings (SSSR count). The fourth-order valence-corrected chi connectivity index (χ4v) is 1.48. The Labute approximate surface area is 103 Å². The summed E-state index contributed by atoms with van der Waals surface area (Å²) in [4.78, 5) is 22.6. The molecule has 0 aromatic carbocycles. The molecule has 0 aromatic rings. The maximum Gasteiger partial charge on any atom is 0.329 e. The van der Waals surface area contributed by atoms with Crippen LogP contribution in [0.3, 0.4) is 0 Å². The van der Waals surface area contributed by atoms with E-state index in [1.807, 2.05) is 20.8 Å². The molecule has 100 valence electrons. The lowest BCUT2D eigenvalue weighted by Crippen LogP contribution is -2.52. The molecule has 0 heterocycles. The number of carbonyl (C=O) groups excluding carboxylic acids is 1. The van der Waals surface area contributed by atoms with Gasteiger partial charge in [-0.3, -0.25) is 4.79 Å². The molecule has 0 aliphatic carbocycles. The predicted molar refractivity (Wildman–Crippen MR) is 64.8 cm³/mol. The van der Waals surface area contributed by atoms with Crippen LogP contribution in [-0.4, -0.2) is 35.2 Å². The van der Waals surface area contributed by atoms with Crippen molar-refractivity contribution in [3.8, 4) is 0 Å². The number of carbonyl (C=O) groups is 2. The van der Waals surface area contributed by atoms with Crippen LogP contribution in [0, 0.1) is 0 Å². The van der Waals surface area contributed by atoms with Crippen molar-refractivity contribution in [3.05, 3.63) is 0 Å². The summed E-state index contributed by atoms with van der Waals surface area (Å²) in [6, 6.07) is 0. The number of rotatable bonds is 8. The van der Waals surface area contributed by atoms with Crippen molar-refractivity contribution in [2.75, 3.05) is 6.61 Å². The summed E-state index contributed by atoms with van der Waals surface area (Å²) in [7, 11) is 0. The molecule has 0 saturated carbocycles. The van der Waals surface area contributed by atoms with E-state index in [0.29, 0.717) is 19.4 Å². The average Bonchev–Trinajstić information content (AvgIpc) is 2.16. The Morgan fingerprint density at radius 2 is 2.00 bits per heavy atom. The summed E-state index contributed by atoms with van der Waals surface area (Å²) in [5, 5.41) is 11.6. The van der Waals surface area contributed by atoms with Gasteiger partial charge in [0.15, 0.2) is 0 Å². The highest BCUT2D eigenvalue weighted by molar-refractivity contribution is 5.86. The van der Waals surface area contributed by atoms with E-state index in [-0.39, 0.29) is 18.4 Å². The molecule has 1 amide bonds. The largest absolute Gasteiger partial charge is 0.480 e. The normalized spacial score (nSPS) is 14.4. The molecule has 0 saturated heterocycles. The minimum Gasteiger partial charge on any atom is -0.480 e. The van der Waals surface area contributed by atoms with E-state index in [9.17, 15) is 9.59 Å². The van der Waals surface area contributed by atoms with E-state index >= 15 is 0 Å². The summed E-state index contributed by atoms with van der Waals surface area (Å²) >= 11 is 0. The van der Waals surface area contributed by atoms with Gasteiger partial charge in [-0.05, 0) is 27.2 Å². The SMILES string of the molecule is CCCC(C)(NC(=O)CCOC(C)C)C(=O)O. The van der Waals surface area contributed by atoms with Crippen molar-refractivity contribution in [2.24, 2.45) is 0 Å². The zero-order valence-corrected chi connectivity index (χ0v) is 11.1. The summed E-state index contributed by atoms with van der Waals surface area (Å²) in [6.45, 7) is 7.49. The lowest BCUT2D eigenvalue weighted by molar-refractivity contribution is -0.147. The molecule has 0 aliphatic heterocycles. The van der Waals surface area contributed by atoms with Crippen molar-refractivity contribution in [2.45, 2.75) is 58.6 Å². The Morgan fingerprint density at radius 1 is 1.41 bits per heavy atom. The Kier molecular flexibility index (Phi) is 6.80. The highest BCUT2D eigenvalue weighted by Crippen LogP contribution is 2.12. The molecule has 1 atom stereocenters. The molecule has 0 fully saturated rings. The van der Waals surface area contributed by atoms with Gasteiger partial charge in [-0.25, -0.2) is 4.79 Å². The number of nitrogens with one attached hydrogen (secondary N) is 1. The van der Waals surface area contributed by atoms with Crippen LogP contribution in [0.5, 0.6) is 0 Å². The van der Waals surface area contributed by atoms with E-state index in [1.54, 1.807) is 0 Å². The van der Waals surface area contributed by atoms with Gasteiger partial charge in [0.1, 0.15) is 5.54 Å². The number of ether oxygens (including phenoxy) is 1. The van der Waals surface area contributed by atoms with Gasteiger partial charge in [-0.2, -0.15) is 0 Å². The molecule has 0 aliphatic rings. The van der Waals surface area contributed by atoms with Crippen LogP contribution in [0.1, 0.15) is 47.0 Å². The van der Waals surface area contributed by atoms with Gasteiger partial charge in [-0.1, -0.05) is 13.3 Å². The standard InChI is InChI=1S/C12H23NO4/c1-5-7-12(4,11(15)16)13-10(14)6-8-17-9(2)3/h9H,5-8H2,1-4H3,(H,13,14)(H,15,16). The summed E-state index contributed by atoms with van der Waals surface area (Å²) in [6.07, 6.45) is 1.37. The van der Waals surface area contributed by atoms with Crippen LogP contribution in [0.25, 0.3) is 0 Å². The van der Waals surface area contributed by atoms with Gasteiger partial charge in [-0.15, -0.1) is 0 Å². The Balaban J connectivity index is 4.18. The molecular formula is C12H23NO4. The van der Waals surface area contributed by atoms with Crippen molar-refractivity contribution in [3.63, 3.8) is 0 Å². The smallest absolute Gasteiger partial charge is 0.329 e. The minimum absolute atomic E-state index is 0.0734. The number of carboxylic acid groups (broad SMARTS) is 1. The number of amides is 1. The van der Waals surface area contributed by atoms with Crippen LogP contribution in [0.2, 0.25) is 0 Å². The van der Waals surface area contributed by atoms with Crippen LogP contribution in [0.4, 0.5) is 0 Å². The fourth-order valence-electron chi connectivity index (χ4n) is 1.48. The molecule has 17 heavy (non-hydrogen) atoms. The topological polar surface area (TPSA) is 75.6 Å². The van der Waals surface area contributed by atoms with Gasteiger partial charge in [0.05, 0.1) is 12.7 Å². The molecule has 5 nitrogen and oxygen atoms in total. The Hall–Kier alpha value is -1.10. The molecule has 2 N–H and O–H groups in total. The number of aliphatic carboxylic acids is 1. The first-order valence-corrected chi connectivity index (χ1v) is 5.98. The third-order valence-corrected chi connectivity index (χ3v) is 2.42. The van der Waals surface area contributed by atoms with Gasteiger partial charge in [0.2, 0.25) is 5.91 Å². The fraction of sp³-hybridized carbons (Fsp3) is 0.833. The highest BCUT2D eigenvalue weighted by atomic mass is 16.5. The van der Waals surface area contributed by atoms with Crippen molar-refractivity contribution in [1.82, 2.24) is 5.32 Å². The first-order valence-electron chi connectivity index (χ1n) is 5.98. The lowest BCUT2D eigenvalue weighted by atomic mass is 9.96. The van der Waals surface area contributed by atoms with Crippen LogP contribution in [-0.2, 0) is 14.3 Å². The Morgan fingerprint density at radius 3 is 2.41 bits per heavy atom. The van der Waals surface area contributed by atoms with Gasteiger partial charge in [0.25, 0.3) is 0 Å². The van der Waals surface area contributed by atoms with Crippen LogP contribution >= 0.6 is 0 Å². The zero-order chi connectivity index (χ0) is 13.5. The summed E-state index contributed by atoms with van der Waals surface area (Å²) in [5.41, 5.74) is -1.18. The van der Waals surface area contributed by atoms with E-state index in [1.165, 1.54) is 6.92 Å². The van der Waals surface area contributed by atoms with E-state index in [4.69, 9.17) is 9.84 Å². The lowest BCUT2D eigenvalue weighted by Gasteiger charge is -2.25. The number of hydrogen-bond donors (Lipinski definition) is 2. The second-order valence-electron chi connectivity index (χ2n) is 4.60. The quantitative estimate of drug-likeness (QED) is 0.680. The molecule has 1 unspecified atom stereocenters. The van der Waals surface area contributed by atoms with Crippen molar-refractivity contribution < 1.29 is 19.4 Å². The monoisotopic (exact) mass is 245 g/mol. The maximum atomic E-state index is 11.6. The summed E-state index contributed by atoms with van der Waals surface area (Å²) < 4.78 is 5.24. The molecule has 0 spiro atoms. The molecule has 5 heteroatoms. The van der Waals surface area contributed by atoms with Crippen LogP contribution < -0.4 is 5.32 Å². The molecule has 0 aromatic heterocycles. The second-order valence-corrected chi connectivity index (χ2v) is 4.60. The van der Waals surface area contributed by atoms with E-state index < -0.39 is 11.5 Å². The third kappa shape index (κ3) is 6.26. The van der Waals surface area contributed by atoms with Crippen molar-refractivity contribution in [1.29, 1.82) is 0 Å². The first-order chi connectivity index (χ1) is 7.81. The second kappa shape index (κ2) is 7.27. The first kappa shape index (κ1) is 15.9. The van der Waals surface area contributed by atoms with Gasteiger partial charge < -0.3 is 15.2 Å². The average molecular weight is 245 g/mol. The number of hydrogen-bond acceptors (Lipinski definition) is 3. The molecule has 0 bridgehead atoms. The maximum absolute atomic E-state index is 11.6. The minimum atomic E-state index is -1.18. The van der Waals surface area contributed by atoms with E-state index in [0.717, 1.165) is 0 Å². The molecule has 0 radical (unpaired) electrons.